The van der Waals surface area contributed by atoms with E-state index in [1.165, 1.54) is 5.56 Å². The molecular weight excluding hydrogens is 953 g/mol. The summed E-state index contributed by atoms with van der Waals surface area (Å²) in [6.45, 7) is 42.6. The van der Waals surface area contributed by atoms with Crippen LogP contribution in [0.2, 0.25) is 36.3 Å². The van der Waals surface area contributed by atoms with Gasteiger partial charge in [0.1, 0.15) is 41.5 Å². The van der Waals surface area contributed by atoms with Gasteiger partial charge in [-0.1, -0.05) is 75.7 Å². The van der Waals surface area contributed by atoms with Gasteiger partial charge in [0.25, 0.3) is 0 Å². The largest absolute Gasteiger partial charge is 0.543 e. The molecule has 4 aliphatic heterocycles. The fourth-order valence-corrected chi connectivity index (χ4v) is 9.07. The Balaban J connectivity index is 0.000000266. The van der Waals surface area contributed by atoms with Crippen molar-refractivity contribution < 1.29 is 47.3 Å². The van der Waals surface area contributed by atoms with Gasteiger partial charge in [0, 0.05) is 81.0 Å². The second-order valence-electron chi connectivity index (χ2n) is 23.3. The number of aliphatic hydroxyl groups is 1. The normalized spacial score (nSPS) is 18.6. The molecule has 378 valence electrons. The van der Waals surface area contributed by atoms with E-state index in [9.17, 15) is 19.5 Å². The third kappa shape index (κ3) is 17.1. The van der Waals surface area contributed by atoms with Gasteiger partial charge in [0.15, 0.2) is 5.78 Å². The van der Waals surface area contributed by atoms with Gasteiger partial charge in [-0.15, -0.1) is 0 Å². The van der Waals surface area contributed by atoms with Crippen LogP contribution in [0.4, 0.5) is 9.59 Å². The molecule has 0 unspecified atom stereocenters. The average molecular weight is 1040 g/mol. The number of Topliss-reactive ketones (excluding diaryl/α,β-unsaturated/α-hetero) is 1. The minimum atomic E-state index is -2.07. The lowest BCUT2D eigenvalue weighted by molar-refractivity contribution is -0.184. The van der Waals surface area contributed by atoms with Crippen LogP contribution in [0.15, 0.2) is 40.9 Å². The second kappa shape index (κ2) is 22.4. The van der Waals surface area contributed by atoms with Crippen molar-refractivity contribution in [3.05, 3.63) is 57.6 Å². The zero-order valence-electron chi connectivity index (χ0n) is 43.7. The number of hydrogen-bond acceptors (Lipinski definition) is 12. The van der Waals surface area contributed by atoms with Gasteiger partial charge in [0.2, 0.25) is 16.6 Å². The van der Waals surface area contributed by atoms with Crippen molar-refractivity contribution in [3.8, 4) is 11.5 Å². The van der Waals surface area contributed by atoms with Crippen LogP contribution in [0, 0.1) is 0 Å². The first-order valence-corrected chi connectivity index (χ1v) is 30.4. The number of amides is 2. The highest BCUT2D eigenvalue weighted by Gasteiger charge is 2.42. The predicted molar refractivity (Wildman–Crippen MR) is 273 cm³/mol. The molecule has 0 bridgehead atoms. The van der Waals surface area contributed by atoms with E-state index >= 15 is 0 Å². The van der Waals surface area contributed by atoms with Crippen molar-refractivity contribution in [2.45, 2.75) is 149 Å². The molecule has 4 saturated heterocycles. The van der Waals surface area contributed by atoms with Crippen LogP contribution in [-0.2, 0) is 42.4 Å². The summed E-state index contributed by atoms with van der Waals surface area (Å²) in [7, 11) is -3.99. The Bertz CT molecular complexity index is 1980. The summed E-state index contributed by atoms with van der Waals surface area (Å²) in [4.78, 5) is 42.7. The Labute approximate surface area is 412 Å². The molecule has 0 saturated carbocycles. The zero-order valence-corrected chi connectivity index (χ0v) is 47.2. The Morgan fingerprint density at radius 2 is 1.00 bits per heavy atom. The minimum absolute atomic E-state index is 0.0653. The van der Waals surface area contributed by atoms with Gasteiger partial charge < -0.3 is 42.7 Å². The second-order valence-corrected chi connectivity index (χ2v) is 33.7. The number of nitrogens with zero attached hydrogens (tertiary/aromatic N) is 4. The van der Waals surface area contributed by atoms with Gasteiger partial charge in [-0.05, 0) is 102 Å². The SMILES string of the molecule is CC(C)(C)OC(=O)N1CCN(Cc2ccc(Br)cc2O[Si](C)(C)C(C)(C)C)CC1.CC(C)(C)OC(=O)N1CCN(Cc2ccc(C3(O)COC3)cc2O[Si](C)(C)C(C)(C)C)CC1.O=C1COC1. The highest BCUT2D eigenvalue weighted by molar-refractivity contribution is 9.10. The van der Waals surface area contributed by atoms with Gasteiger partial charge in [-0.2, -0.15) is 0 Å². The first kappa shape index (κ1) is 56.6. The number of carbonyl (C=O) groups excluding carboxylic acids is 3. The van der Waals surface area contributed by atoms with Crippen molar-refractivity contribution in [2.75, 3.05) is 78.8 Å². The maximum atomic E-state index is 12.4. The highest BCUT2D eigenvalue weighted by atomic mass is 79.9. The van der Waals surface area contributed by atoms with E-state index in [1.807, 2.05) is 53.7 Å². The first-order chi connectivity index (χ1) is 30.7. The highest BCUT2D eigenvalue weighted by Crippen LogP contribution is 2.41. The topological polar surface area (TPSA) is 140 Å². The first-order valence-electron chi connectivity index (χ1n) is 23.8. The summed E-state index contributed by atoms with van der Waals surface area (Å²) in [5, 5.41) is 11.0. The van der Waals surface area contributed by atoms with Crippen LogP contribution in [-0.4, -0.2) is 149 Å². The lowest BCUT2D eigenvalue weighted by Crippen LogP contribution is -2.49. The van der Waals surface area contributed by atoms with E-state index in [0.29, 0.717) is 52.6 Å². The molecule has 0 atom stereocenters. The third-order valence-electron chi connectivity index (χ3n) is 13.0. The maximum Gasteiger partial charge on any atom is 0.410 e. The minimum Gasteiger partial charge on any atom is -0.543 e. The molecule has 0 aliphatic carbocycles. The number of rotatable bonds is 9. The molecule has 0 aromatic heterocycles. The lowest BCUT2D eigenvalue weighted by atomic mass is 9.91. The molecule has 67 heavy (non-hydrogen) atoms. The van der Waals surface area contributed by atoms with Gasteiger partial charge >= 0.3 is 12.2 Å². The molecule has 0 spiro atoms. The number of ketones is 1. The molecule has 17 heteroatoms. The quantitative estimate of drug-likeness (QED) is 0.239. The summed E-state index contributed by atoms with van der Waals surface area (Å²) < 4.78 is 35.2. The van der Waals surface area contributed by atoms with Crippen LogP contribution < -0.4 is 8.85 Å². The lowest BCUT2D eigenvalue weighted by Gasteiger charge is -2.40. The van der Waals surface area contributed by atoms with Gasteiger partial charge in [-0.3, -0.25) is 14.6 Å². The van der Waals surface area contributed by atoms with Crippen molar-refractivity contribution in [1.29, 1.82) is 0 Å². The number of piperazine rings is 2. The Morgan fingerprint density at radius 1 is 0.627 bits per heavy atom. The molecule has 6 rings (SSSR count). The van der Waals surface area contributed by atoms with E-state index < -0.39 is 33.4 Å². The summed E-state index contributed by atoms with van der Waals surface area (Å²) >= 11 is 3.59. The number of benzene rings is 2. The molecule has 4 aliphatic rings. The molecule has 2 aromatic rings. The summed E-state index contributed by atoms with van der Waals surface area (Å²) in [5.41, 5.74) is 1.29. The van der Waals surface area contributed by atoms with E-state index in [2.05, 4.69) is 122 Å². The third-order valence-corrected chi connectivity index (χ3v) is 22.2. The van der Waals surface area contributed by atoms with Crippen molar-refractivity contribution in [1.82, 2.24) is 19.6 Å². The molecule has 1 N–H and O–H groups in total. The van der Waals surface area contributed by atoms with Crippen molar-refractivity contribution in [2.24, 2.45) is 0 Å². The van der Waals surface area contributed by atoms with Crippen LogP contribution in [0.25, 0.3) is 0 Å². The Kier molecular flexibility index (Phi) is 18.9. The van der Waals surface area contributed by atoms with E-state index in [4.69, 9.17) is 23.1 Å². The summed E-state index contributed by atoms with van der Waals surface area (Å²) in [6.07, 6.45) is -0.466. The summed E-state index contributed by atoms with van der Waals surface area (Å²) in [5.74, 6) is 2.04. The van der Waals surface area contributed by atoms with Crippen molar-refractivity contribution >= 4 is 50.5 Å². The molecule has 2 amide bonds. The monoisotopic (exact) mass is 1030 g/mol. The molecular formula is C50H83BrN4O10Si2. The van der Waals surface area contributed by atoms with Crippen LogP contribution in [0.1, 0.15) is 99.8 Å². The Morgan fingerprint density at radius 3 is 1.31 bits per heavy atom. The van der Waals surface area contributed by atoms with Crippen molar-refractivity contribution in [3.63, 3.8) is 0 Å². The van der Waals surface area contributed by atoms with Gasteiger partial charge in [-0.25, -0.2) is 9.59 Å². The zero-order chi connectivity index (χ0) is 50.4. The summed E-state index contributed by atoms with van der Waals surface area (Å²) in [6, 6.07) is 12.4. The smallest absolute Gasteiger partial charge is 0.410 e. The van der Waals surface area contributed by atoms with Crippen LogP contribution in [0.3, 0.4) is 0 Å². The van der Waals surface area contributed by atoms with E-state index in [-0.39, 0.29) is 28.0 Å². The molecule has 2 aromatic carbocycles. The average Bonchev–Trinajstić information content (AvgIpc) is 3.16. The van der Waals surface area contributed by atoms with E-state index in [0.717, 1.165) is 66.4 Å². The molecule has 0 radical (unpaired) electrons. The number of carbonyl (C=O) groups is 3. The standard InChI is InChI=1S/C25H42N2O5Si.C22H37BrN2O3Si.C3H4O2/c1-23(2,3)31-22(28)27-13-11-26(12-14-27)16-19-9-10-20(25(29)17-30-18-25)15-21(19)32-33(7,8)24(4,5)6;1-21(2,3)27-20(26)25-13-11-24(12-14-25)16-17-9-10-18(23)15-19(17)28-29(7,8)22(4,5)6;4-3-1-5-2-3/h9-10,15,29H,11-14,16-18H2,1-8H3;9-10,15H,11-14,16H2,1-8H3;1-2H2. The molecule has 14 nitrogen and oxygen atoms in total. The molecule has 4 fully saturated rings. The number of ether oxygens (including phenoxy) is 4. The van der Waals surface area contributed by atoms with Gasteiger partial charge in [0.05, 0.1) is 13.2 Å². The Hall–Kier alpha value is -3.04. The van der Waals surface area contributed by atoms with Crippen LogP contribution >= 0.6 is 15.9 Å². The predicted octanol–water partition coefficient (Wildman–Crippen LogP) is 9.81. The maximum absolute atomic E-state index is 12.4. The number of halogens is 1. The molecule has 4 heterocycles. The van der Waals surface area contributed by atoms with E-state index in [1.54, 1.807) is 9.80 Å². The van der Waals surface area contributed by atoms with Crippen LogP contribution in [0.5, 0.6) is 11.5 Å². The number of hydrogen-bond donors (Lipinski definition) is 1. The fourth-order valence-electron chi connectivity index (χ4n) is 6.64. The fraction of sp³-hybridized carbons (Fsp3) is 0.700.